The Balaban J connectivity index is 1.35. The van der Waals surface area contributed by atoms with Gasteiger partial charge < -0.3 is 24.7 Å². The molecule has 4 bridgehead atoms. The highest BCUT2D eigenvalue weighted by Gasteiger charge is 2.52. The van der Waals surface area contributed by atoms with Crippen molar-refractivity contribution in [3.05, 3.63) is 89.5 Å². The van der Waals surface area contributed by atoms with E-state index in [1.54, 1.807) is 0 Å². The first-order valence-electron chi connectivity index (χ1n) is 15.6. The zero-order valence-electron chi connectivity index (χ0n) is 24.8. The lowest BCUT2D eigenvalue weighted by molar-refractivity contribution is -0.297. The molecule has 0 heterocycles. The van der Waals surface area contributed by atoms with Crippen LogP contribution in [0.1, 0.15) is 68.6 Å². The second kappa shape index (κ2) is 12.7. The van der Waals surface area contributed by atoms with E-state index in [2.05, 4.69) is 35.6 Å². The van der Waals surface area contributed by atoms with E-state index in [0.717, 1.165) is 46.3 Å². The number of carbonyl (C=O) groups excluding carboxylic acids is 2. The molecule has 1 N–H and O–H groups in total. The van der Waals surface area contributed by atoms with Crippen molar-refractivity contribution in [3.63, 3.8) is 0 Å². The van der Waals surface area contributed by atoms with Crippen molar-refractivity contribution in [1.82, 2.24) is 5.32 Å². The number of aliphatic carboxylic acids is 1. The first-order chi connectivity index (χ1) is 20.9. The van der Waals surface area contributed by atoms with Gasteiger partial charge in [-0.15, -0.1) is 0 Å². The van der Waals surface area contributed by atoms with Crippen LogP contribution in [0.4, 0.5) is 0 Å². The Hall–Kier alpha value is -4.06. The fourth-order valence-corrected chi connectivity index (χ4v) is 8.10. The monoisotopic (exact) mass is 578 g/mol. The van der Waals surface area contributed by atoms with Crippen molar-refractivity contribution < 1.29 is 24.2 Å². The second-order valence-electron chi connectivity index (χ2n) is 12.8. The molecule has 4 aliphatic rings. The number of hydrogen-bond acceptors (Lipinski definition) is 5. The third-order valence-electron chi connectivity index (χ3n) is 9.51. The van der Waals surface area contributed by atoms with Crippen LogP contribution < -0.4 is 19.9 Å². The van der Waals surface area contributed by atoms with Crippen LogP contribution in [0.15, 0.2) is 72.8 Å². The summed E-state index contributed by atoms with van der Waals surface area (Å²) in [6.07, 6.45) is 11.0. The highest BCUT2D eigenvalue weighted by molar-refractivity contribution is 5.84. The van der Waals surface area contributed by atoms with Gasteiger partial charge >= 0.3 is 0 Å². The molecule has 3 aromatic rings. The quantitative estimate of drug-likeness (QED) is 0.208. The van der Waals surface area contributed by atoms with Gasteiger partial charge in [-0.05, 0) is 109 Å². The third-order valence-corrected chi connectivity index (χ3v) is 9.51. The predicted molar refractivity (Wildman–Crippen MR) is 165 cm³/mol. The van der Waals surface area contributed by atoms with E-state index in [9.17, 15) is 14.7 Å². The third kappa shape index (κ3) is 6.79. The zero-order chi connectivity index (χ0) is 29.8. The molecule has 1 amide bonds. The van der Waals surface area contributed by atoms with Gasteiger partial charge in [0.2, 0.25) is 5.91 Å². The number of carboxylic acids is 1. The molecule has 6 nitrogen and oxygen atoms in total. The summed E-state index contributed by atoms with van der Waals surface area (Å²) < 4.78 is 12.8. The fraction of sp³-hybridized carbons (Fsp3) is 0.405. The minimum Gasteiger partial charge on any atom is -0.545 e. The van der Waals surface area contributed by atoms with Gasteiger partial charge in [0, 0.05) is 24.6 Å². The Morgan fingerprint density at radius 3 is 2.30 bits per heavy atom. The van der Waals surface area contributed by atoms with E-state index < -0.39 is 5.97 Å². The summed E-state index contributed by atoms with van der Waals surface area (Å²) in [4.78, 5) is 22.3. The van der Waals surface area contributed by atoms with Crippen molar-refractivity contribution in [2.45, 2.75) is 63.9 Å². The lowest BCUT2D eigenvalue weighted by Crippen LogP contribution is -2.48. The Morgan fingerprint density at radius 2 is 1.63 bits per heavy atom. The summed E-state index contributed by atoms with van der Waals surface area (Å²) in [5, 5.41) is 13.9. The number of rotatable bonds is 12. The maximum absolute atomic E-state index is 11.3. The number of hydrogen-bond donors (Lipinski definition) is 1. The van der Waals surface area contributed by atoms with E-state index in [1.165, 1.54) is 57.1 Å². The summed E-state index contributed by atoms with van der Waals surface area (Å²) >= 11 is 0. The van der Waals surface area contributed by atoms with Crippen LogP contribution in [0.3, 0.4) is 0 Å². The Kier molecular flexibility index (Phi) is 8.55. The van der Waals surface area contributed by atoms with Crippen LogP contribution in [-0.4, -0.2) is 25.0 Å². The van der Waals surface area contributed by atoms with Gasteiger partial charge in [-0.2, -0.15) is 0 Å². The minimum absolute atomic E-state index is 0.0677. The zero-order valence-corrected chi connectivity index (χ0v) is 24.8. The van der Waals surface area contributed by atoms with Crippen LogP contribution in [0.5, 0.6) is 11.5 Å². The topological polar surface area (TPSA) is 87.7 Å². The Bertz CT molecular complexity index is 1460. The van der Waals surface area contributed by atoms with Gasteiger partial charge in [-0.25, -0.2) is 0 Å². The number of benzene rings is 3. The van der Waals surface area contributed by atoms with Crippen LogP contribution >= 0.6 is 0 Å². The van der Waals surface area contributed by atoms with Crippen molar-refractivity contribution in [3.8, 4) is 22.6 Å². The maximum Gasteiger partial charge on any atom is 0.216 e. The molecular formula is C37H40NO5-. The molecule has 0 unspecified atom stereocenters. The van der Waals surface area contributed by atoms with Crippen molar-refractivity contribution in [2.75, 3.05) is 13.2 Å². The molecule has 7 rings (SSSR count). The lowest BCUT2D eigenvalue weighted by Gasteiger charge is -2.57. The van der Waals surface area contributed by atoms with Crippen molar-refractivity contribution in [2.24, 2.45) is 17.8 Å². The Morgan fingerprint density at radius 1 is 0.907 bits per heavy atom. The van der Waals surface area contributed by atoms with Crippen LogP contribution in [0, 0.1) is 17.8 Å². The number of ether oxygens (including phenoxy) is 2. The number of carbonyl (C=O) groups is 2. The van der Waals surface area contributed by atoms with Crippen LogP contribution in [0.2, 0.25) is 0 Å². The second-order valence-corrected chi connectivity index (χ2v) is 12.8. The van der Waals surface area contributed by atoms with E-state index in [1.807, 2.05) is 36.4 Å². The van der Waals surface area contributed by atoms with Gasteiger partial charge in [0.15, 0.2) is 0 Å². The highest BCUT2D eigenvalue weighted by atomic mass is 16.5. The number of nitrogens with one attached hydrogen (secondary N) is 1. The smallest absolute Gasteiger partial charge is 0.216 e. The average Bonchev–Trinajstić information content (AvgIpc) is 2.98. The molecule has 3 aromatic carbocycles. The maximum atomic E-state index is 11.3. The van der Waals surface area contributed by atoms with Gasteiger partial charge in [0.05, 0.1) is 12.6 Å². The first kappa shape index (κ1) is 29.0. The molecule has 224 valence electrons. The lowest BCUT2D eigenvalue weighted by atomic mass is 9.48. The molecule has 0 aromatic heterocycles. The SMILES string of the molecule is CC(=O)NCCCOc1cc(/C=C/C(=O)[O-])ccc1-c1ccc(OCc2ccccc2)c(C23CC4CC(CC(C4)C2)C3)c1. The van der Waals surface area contributed by atoms with Crippen LogP contribution in [-0.2, 0) is 21.6 Å². The molecule has 0 radical (unpaired) electrons. The average molecular weight is 579 g/mol. The minimum atomic E-state index is -1.24. The molecule has 4 fully saturated rings. The van der Waals surface area contributed by atoms with E-state index in [0.29, 0.717) is 37.5 Å². The molecular weight excluding hydrogens is 538 g/mol. The van der Waals surface area contributed by atoms with Gasteiger partial charge in [-0.1, -0.05) is 54.6 Å². The summed E-state index contributed by atoms with van der Waals surface area (Å²) in [6, 6.07) is 22.7. The predicted octanol–water partition coefficient (Wildman–Crippen LogP) is 6.07. The number of amides is 1. The Labute approximate surface area is 254 Å². The molecule has 0 spiro atoms. The van der Waals surface area contributed by atoms with E-state index in [-0.39, 0.29) is 11.3 Å². The standard InChI is InChI=1S/C37H41NO5/c1-25(39)38-14-5-15-42-35-19-26(9-13-36(40)41)8-11-32(35)31-10-12-34(43-24-27-6-3-2-4-7-27)33(20-31)37-21-28-16-29(22-37)18-30(17-28)23-37/h2-4,6-13,19-20,28-30H,5,14-18,21-24H2,1H3,(H,38,39)(H,40,41)/p-1/b13-9+. The number of carboxylic acid groups (broad SMARTS) is 1. The molecule has 0 atom stereocenters. The van der Waals surface area contributed by atoms with Crippen LogP contribution in [0.25, 0.3) is 17.2 Å². The fourth-order valence-electron chi connectivity index (χ4n) is 8.10. The summed E-state index contributed by atoms with van der Waals surface area (Å²) in [6.45, 7) is 2.97. The molecule has 4 aliphatic carbocycles. The molecule has 0 saturated heterocycles. The normalized spacial score (nSPS) is 23.8. The summed E-state index contributed by atoms with van der Waals surface area (Å²) in [5.74, 6) is 2.74. The molecule has 4 saturated carbocycles. The van der Waals surface area contributed by atoms with Crippen molar-refractivity contribution >= 4 is 18.0 Å². The van der Waals surface area contributed by atoms with Gasteiger partial charge in [0.1, 0.15) is 18.1 Å². The highest BCUT2D eigenvalue weighted by Crippen LogP contribution is 2.62. The van der Waals surface area contributed by atoms with Gasteiger partial charge in [-0.3, -0.25) is 4.79 Å². The van der Waals surface area contributed by atoms with Gasteiger partial charge in [0.25, 0.3) is 0 Å². The van der Waals surface area contributed by atoms with Crippen molar-refractivity contribution in [1.29, 1.82) is 0 Å². The van der Waals surface area contributed by atoms with E-state index in [4.69, 9.17) is 9.47 Å². The molecule has 6 heteroatoms. The summed E-state index contributed by atoms with van der Waals surface area (Å²) in [5.41, 5.74) is 5.33. The molecule has 0 aliphatic heterocycles. The first-order valence-corrected chi connectivity index (χ1v) is 15.6. The summed E-state index contributed by atoms with van der Waals surface area (Å²) in [7, 11) is 0. The van der Waals surface area contributed by atoms with E-state index >= 15 is 0 Å². The molecule has 43 heavy (non-hydrogen) atoms. The largest absolute Gasteiger partial charge is 0.545 e.